The molecule has 21 heavy (non-hydrogen) atoms. The number of esters is 1. The van der Waals surface area contributed by atoms with Crippen LogP contribution in [0, 0.1) is 11.8 Å². The molecular weight excluding hydrogens is 304 g/mol. The van der Waals surface area contributed by atoms with Gasteiger partial charge in [0.15, 0.2) is 0 Å². The number of anilines is 2. The second kappa shape index (κ2) is 6.92. The van der Waals surface area contributed by atoms with Gasteiger partial charge in [-0.15, -0.1) is 23.1 Å². The molecule has 2 N–H and O–H groups in total. The third-order valence-corrected chi connectivity index (χ3v) is 5.90. The van der Waals surface area contributed by atoms with E-state index < -0.39 is 0 Å². The molecule has 4 nitrogen and oxygen atoms in total. The van der Waals surface area contributed by atoms with Crippen LogP contribution in [0.15, 0.2) is 4.90 Å². The molecule has 2 heterocycles. The zero-order valence-corrected chi connectivity index (χ0v) is 14.8. The minimum absolute atomic E-state index is 0.306. The van der Waals surface area contributed by atoms with Gasteiger partial charge < -0.3 is 15.4 Å². The van der Waals surface area contributed by atoms with Gasteiger partial charge >= 0.3 is 5.97 Å². The van der Waals surface area contributed by atoms with Crippen molar-refractivity contribution < 1.29 is 9.53 Å². The fourth-order valence-corrected chi connectivity index (χ4v) is 5.09. The Hall–Kier alpha value is -0.880. The molecular formula is C15H24N2O2S2. The number of hydrogen-bond acceptors (Lipinski definition) is 6. The van der Waals surface area contributed by atoms with Crippen molar-refractivity contribution in [2.75, 3.05) is 36.6 Å². The number of thiophene rings is 1. The molecule has 1 saturated heterocycles. The summed E-state index contributed by atoms with van der Waals surface area (Å²) in [6.07, 6.45) is 3.27. The van der Waals surface area contributed by atoms with Crippen LogP contribution < -0.4 is 10.6 Å². The second-order valence-electron chi connectivity index (χ2n) is 5.75. The van der Waals surface area contributed by atoms with Gasteiger partial charge in [-0.25, -0.2) is 4.79 Å². The van der Waals surface area contributed by atoms with Gasteiger partial charge in [0, 0.05) is 13.1 Å². The zero-order chi connectivity index (χ0) is 15.6. The zero-order valence-electron chi connectivity index (χ0n) is 13.1. The maximum absolute atomic E-state index is 12.0. The van der Waals surface area contributed by atoms with Crippen molar-refractivity contribution in [3.63, 3.8) is 0 Å². The molecule has 0 aliphatic carbocycles. The summed E-state index contributed by atoms with van der Waals surface area (Å²) in [7, 11) is 0. The number of thioether (sulfide) groups is 1. The Morgan fingerprint density at radius 2 is 2.05 bits per heavy atom. The van der Waals surface area contributed by atoms with E-state index in [4.69, 9.17) is 10.5 Å². The third kappa shape index (κ3) is 3.48. The number of carbonyl (C=O) groups excluding carboxylic acids is 1. The summed E-state index contributed by atoms with van der Waals surface area (Å²) in [5.74, 6) is 1.02. The van der Waals surface area contributed by atoms with Crippen LogP contribution in [0.2, 0.25) is 0 Å². The topological polar surface area (TPSA) is 55.6 Å². The molecule has 2 atom stereocenters. The first-order chi connectivity index (χ1) is 9.97. The van der Waals surface area contributed by atoms with Gasteiger partial charge in [-0.3, -0.25) is 0 Å². The molecule has 118 valence electrons. The average molecular weight is 329 g/mol. The van der Waals surface area contributed by atoms with E-state index in [0.717, 1.165) is 23.0 Å². The fraction of sp³-hybridized carbons (Fsp3) is 0.667. The van der Waals surface area contributed by atoms with Crippen LogP contribution in [0.1, 0.15) is 36.9 Å². The summed E-state index contributed by atoms with van der Waals surface area (Å²) in [5, 5.41) is 1.13. The Kier molecular flexibility index (Phi) is 5.43. The molecule has 0 bridgehead atoms. The monoisotopic (exact) mass is 328 g/mol. The van der Waals surface area contributed by atoms with E-state index in [1.54, 1.807) is 11.8 Å². The predicted molar refractivity (Wildman–Crippen MR) is 91.6 cm³/mol. The van der Waals surface area contributed by atoms with E-state index in [0.29, 0.717) is 29.0 Å². The quantitative estimate of drug-likeness (QED) is 0.674. The first kappa shape index (κ1) is 16.5. The standard InChI is InChI=1S/C15H24N2O2S2/c1-5-19-15(18)13-11(16)12(20-4)14(21-13)17-7-9(2)6-10(3)8-17/h9-10H,5-8,16H2,1-4H3. The molecule has 1 aliphatic rings. The predicted octanol–water partition coefficient (Wildman–Crippen LogP) is 3.71. The number of piperidine rings is 1. The molecule has 0 spiro atoms. The first-order valence-electron chi connectivity index (χ1n) is 7.36. The van der Waals surface area contributed by atoms with E-state index in [2.05, 4.69) is 18.7 Å². The number of carbonyl (C=O) groups is 1. The first-order valence-corrected chi connectivity index (χ1v) is 9.40. The molecule has 0 radical (unpaired) electrons. The van der Waals surface area contributed by atoms with Crippen molar-refractivity contribution in [3.8, 4) is 0 Å². The molecule has 1 aromatic rings. The second-order valence-corrected chi connectivity index (χ2v) is 7.57. The smallest absolute Gasteiger partial charge is 0.350 e. The molecule has 0 aromatic carbocycles. The number of ether oxygens (including phenoxy) is 1. The van der Waals surface area contributed by atoms with Crippen LogP contribution in [0.25, 0.3) is 0 Å². The van der Waals surface area contributed by atoms with Gasteiger partial charge in [0.05, 0.1) is 17.2 Å². The highest BCUT2D eigenvalue weighted by Gasteiger charge is 2.29. The lowest BCUT2D eigenvalue weighted by Gasteiger charge is -2.36. The summed E-state index contributed by atoms with van der Waals surface area (Å²) in [6, 6.07) is 0. The lowest BCUT2D eigenvalue weighted by Crippen LogP contribution is -2.38. The molecule has 2 unspecified atom stereocenters. The average Bonchev–Trinajstić information content (AvgIpc) is 2.75. The molecule has 1 aromatic heterocycles. The normalized spacial score (nSPS) is 22.4. The molecule has 0 amide bonds. The number of hydrogen-bond donors (Lipinski definition) is 1. The summed E-state index contributed by atoms with van der Waals surface area (Å²) in [5.41, 5.74) is 6.76. The van der Waals surface area contributed by atoms with Crippen molar-refractivity contribution in [2.24, 2.45) is 11.8 Å². The van der Waals surface area contributed by atoms with Crippen molar-refractivity contribution in [1.82, 2.24) is 0 Å². The largest absolute Gasteiger partial charge is 0.462 e. The lowest BCUT2D eigenvalue weighted by atomic mass is 9.92. The Balaban J connectivity index is 2.34. The number of nitrogens with two attached hydrogens (primary N) is 1. The number of rotatable bonds is 4. The maximum atomic E-state index is 12.0. The van der Waals surface area contributed by atoms with E-state index in [-0.39, 0.29) is 5.97 Å². The summed E-state index contributed by atoms with van der Waals surface area (Å²) >= 11 is 3.09. The molecule has 2 rings (SSSR count). The van der Waals surface area contributed by atoms with Gasteiger partial charge in [0.1, 0.15) is 9.88 Å². The van der Waals surface area contributed by atoms with E-state index in [1.807, 2.05) is 13.2 Å². The van der Waals surface area contributed by atoms with Crippen molar-refractivity contribution in [2.45, 2.75) is 32.1 Å². The number of nitrogens with zero attached hydrogens (tertiary/aromatic N) is 1. The SMILES string of the molecule is CCOC(=O)c1sc(N2CC(C)CC(C)C2)c(SC)c1N. The van der Waals surface area contributed by atoms with Gasteiger partial charge in [0.25, 0.3) is 0 Å². The van der Waals surface area contributed by atoms with E-state index in [9.17, 15) is 4.79 Å². The van der Waals surface area contributed by atoms with Crippen LogP contribution in [-0.4, -0.2) is 31.9 Å². The van der Waals surface area contributed by atoms with Crippen molar-refractivity contribution >= 4 is 39.8 Å². The van der Waals surface area contributed by atoms with Gasteiger partial charge in [-0.1, -0.05) is 13.8 Å². The van der Waals surface area contributed by atoms with Crippen LogP contribution in [0.3, 0.4) is 0 Å². The molecule has 1 fully saturated rings. The van der Waals surface area contributed by atoms with E-state index in [1.165, 1.54) is 17.8 Å². The fourth-order valence-electron chi connectivity index (χ4n) is 3.00. The van der Waals surface area contributed by atoms with Gasteiger partial charge in [-0.05, 0) is 31.4 Å². The highest BCUT2D eigenvalue weighted by molar-refractivity contribution is 7.99. The third-order valence-electron chi connectivity index (χ3n) is 3.70. The summed E-state index contributed by atoms with van der Waals surface area (Å²) in [4.78, 5) is 16.0. The van der Waals surface area contributed by atoms with Crippen LogP contribution in [0.5, 0.6) is 0 Å². The minimum Gasteiger partial charge on any atom is -0.462 e. The summed E-state index contributed by atoms with van der Waals surface area (Å²) in [6.45, 7) is 8.81. The van der Waals surface area contributed by atoms with Crippen molar-refractivity contribution in [3.05, 3.63) is 4.88 Å². The van der Waals surface area contributed by atoms with Gasteiger partial charge in [-0.2, -0.15) is 0 Å². The highest BCUT2D eigenvalue weighted by atomic mass is 32.2. The summed E-state index contributed by atoms with van der Waals surface area (Å²) < 4.78 is 5.11. The maximum Gasteiger partial charge on any atom is 0.350 e. The van der Waals surface area contributed by atoms with E-state index >= 15 is 0 Å². The van der Waals surface area contributed by atoms with Crippen LogP contribution in [0.4, 0.5) is 10.7 Å². The van der Waals surface area contributed by atoms with Gasteiger partial charge in [0.2, 0.25) is 0 Å². The highest BCUT2D eigenvalue weighted by Crippen LogP contribution is 2.45. The Morgan fingerprint density at radius 3 is 2.57 bits per heavy atom. The Labute approximate surface area is 135 Å². The minimum atomic E-state index is -0.306. The van der Waals surface area contributed by atoms with Crippen LogP contribution in [-0.2, 0) is 4.74 Å². The Morgan fingerprint density at radius 1 is 1.43 bits per heavy atom. The molecule has 0 saturated carbocycles. The lowest BCUT2D eigenvalue weighted by molar-refractivity contribution is 0.0533. The van der Waals surface area contributed by atoms with Crippen molar-refractivity contribution in [1.29, 1.82) is 0 Å². The molecule has 6 heteroatoms. The number of nitrogen functional groups attached to an aromatic ring is 1. The Bertz CT molecular complexity index is 506. The van der Waals surface area contributed by atoms with Crippen LogP contribution >= 0.6 is 23.1 Å². The molecule has 1 aliphatic heterocycles.